The molecule has 90 valence electrons. The number of nitrogens with two attached hydrogens (primary N) is 1. The number of methoxy groups -OCH3 is 1. The zero-order chi connectivity index (χ0) is 12.3. The molecule has 0 aliphatic heterocycles. The Morgan fingerprint density at radius 1 is 1.25 bits per heavy atom. The number of hydrogen-bond acceptors (Lipinski definition) is 3. The number of hydrogen-bond donors (Lipinski definition) is 1. The largest absolute Gasteiger partial charge is 0.496 e. The number of benzene rings is 1. The van der Waals surface area contributed by atoms with Crippen LogP contribution in [0.25, 0.3) is 0 Å². The van der Waals surface area contributed by atoms with Crippen LogP contribution in [0.3, 0.4) is 0 Å². The molecular weight excluding hydrogens is 218 g/mol. The molecule has 0 fully saturated rings. The van der Waals surface area contributed by atoms with E-state index in [1.54, 1.807) is 18.9 Å². The molecule has 0 spiro atoms. The zero-order valence-corrected chi connectivity index (χ0v) is 11.6. The fourth-order valence-corrected chi connectivity index (χ4v) is 2.37. The van der Waals surface area contributed by atoms with E-state index in [2.05, 4.69) is 26.0 Å². The van der Waals surface area contributed by atoms with Crippen molar-refractivity contribution in [3.63, 3.8) is 0 Å². The van der Waals surface area contributed by atoms with Crippen LogP contribution in [-0.4, -0.2) is 18.4 Å². The van der Waals surface area contributed by atoms with Crippen LogP contribution >= 0.6 is 11.8 Å². The molecule has 0 atom stereocenters. The summed E-state index contributed by atoms with van der Waals surface area (Å²) in [5, 5.41) is 0. The molecule has 0 saturated heterocycles. The van der Waals surface area contributed by atoms with Crippen LogP contribution in [0.2, 0.25) is 0 Å². The molecule has 3 heteroatoms. The van der Waals surface area contributed by atoms with Gasteiger partial charge in [0.2, 0.25) is 0 Å². The van der Waals surface area contributed by atoms with E-state index in [-0.39, 0.29) is 5.54 Å². The van der Waals surface area contributed by atoms with Gasteiger partial charge in [0.1, 0.15) is 5.75 Å². The van der Waals surface area contributed by atoms with Crippen molar-refractivity contribution in [1.29, 1.82) is 0 Å². The van der Waals surface area contributed by atoms with Crippen molar-refractivity contribution in [3.8, 4) is 5.75 Å². The topological polar surface area (TPSA) is 35.2 Å². The minimum absolute atomic E-state index is 0.158. The maximum Gasteiger partial charge on any atom is 0.132 e. The van der Waals surface area contributed by atoms with Crippen molar-refractivity contribution >= 4 is 11.8 Å². The van der Waals surface area contributed by atoms with Crippen LogP contribution in [0.1, 0.15) is 25.0 Å². The fourth-order valence-electron chi connectivity index (χ4n) is 1.30. The minimum atomic E-state index is -0.158. The van der Waals surface area contributed by atoms with Crippen molar-refractivity contribution in [3.05, 3.63) is 23.3 Å². The smallest absolute Gasteiger partial charge is 0.132 e. The lowest BCUT2D eigenvalue weighted by atomic mass is 10.1. The summed E-state index contributed by atoms with van der Waals surface area (Å²) in [5.74, 6) is 1.82. The Labute approximate surface area is 103 Å². The predicted molar refractivity (Wildman–Crippen MR) is 71.5 cm³/mol. The van der Waals surface area contributed by atoms with E-state index in [1.165, 1.54) is 16.0 Å². The Balaban J connectivity index is 2.90. The van der Waals surface area contributed by atoms with Crippen molar-refractivity contribution in [2.24, 2.45) is 5.73 Å². The van der Waals surface area contributed by atoms with E-state index in [1.807, 2.05) is 13.8 Å². The van der Waals surface area contributed by atoms with Crippen molar-refractivity contribution in [2.45, 2.75) is 38.1 Å². The van der Waals surface area contributed by atoms with Crippen molar-refractivity contribution in [1.82, 2.24) is 0 Å². The first-order valence-electron chi connectivity index (χ1n) is 5.40. The minimum Gasteiger partial charge on any atom is -0.496 e. The average Bonchev–Trinajstić information content (AvgIpc) is 2.18. The molecule has 1 rings (SSSR count). The van der Waals surface area contributed by atoms with E-state index in [9.17, 15) is 0 Å². The first-order chi connectivity index (χ1) is 7.33. The summed E-state index contributed by atoms with van der Waals surface area (Å²) in [7, 11) is 1.71. The third-order valence-electron chi connectivity index (χ3n) is 2.38. The highest BCUT2D eigenvalue weighted by molar-refractivity contribution is 7.99. The van der Waals surface area contributed by atoms with Crippen LogP contribution in [0.4, 0.5) is 0 Å². The Bertz CT molecular complexity index is 369. The highest BCUT2D eigenvalue weighted by atomic mass is 32.2. The maximum atomic E-state index is 5.98. The number of aryl methyl sites for hydroxylation is 2. The second-order valence-corrected chi connectivity index (χ2v) is 5.88. The number of ether oxygens (including phenoxy) is 1. The van der Waals surface area contributed by atoms with Gasteiger partial charge in [0.15, 0.2) is 0 Å². The first kappa shape index (κ1) is 13.4. The monoisotopic (exact) mass is 239 g/mol. The Morgan fingerprint density at radius 2 is 1.81 bits per heavy atom. The van der Waals surface area contributed by atoms with Gasteiger partial charge in [-0.15, -0.1) is 11.8 Å². The molecule has 0 aromatic heterocycles. The van der Waals surface area contributed by atoms with Gasteiger partial charge in [0, 0.05) is 16.2 Å². The van der Waals surface area contributed by atoms with E-state index in [4.69, 9.17) is 10.5 Å². The highest BCUT2D eigenvalue weighted by Gasteiger charge is 2.13. The molecule has 0 unspecified atom stereocenters. The summed E-state index contributed by atoms with van der Waals surface area (Å²) in [4.78, 5) is 1.17. The summed E-state index contributed by atoms with van der Waals surface area (Å²) in [5.41, 5.74) is 8.37. The van der Waals surface area contributed by atoms with Crippen LogP contribution < -0.4 is 10.5 Å². The molecule has 2 N–H and O–H groups in total. The van der Waals surface area contributed by atoms with Gasteiger partial charge in [0.25, 0.3) is 0 Å². The fraction of sp³-hybridized carbons (Fsp3) is 0.538. The highest BCUT2D eigenvalue weighted by Crippen LogP contribution is 2.33. The molecule has 16 heavy (non-hydrogen) atoms. The molecule has 0 aliphatic rings. The third kappa shape index (κ3) is 3.72. The van der Waals surface area contributed by atoms with Gasteiger partial charge in [-0.2, -0.15) is 0 Å². The maximum absolute atomic E-state index is 5.98. The molecular formula is C13H21NOS. The molecule has 0 bridgehead atoms. The van der Waals surface area contributed by atoms with Crippen molar-refractivity contribution in [2.75, 3.05) is 12.9 Å². The normalized spacial score (nSPS) is 11.6. The second-order valence-electron chi connectivity index (χ2n) is 4.86. The standard InChI is InChI=1S/C13H21NOS/c1-9-6-11(15-5)12(7-10(9)2)16-8-13(3,4)14/h6-7H,8,14H2,1-5H3. The summed E-state index contributed by atoms with van der Waals surface area (Å²) >= 11 is 1.75. The molecule has 0 radical (unpaired) electrons. The molecule has 1 aromatic carbocycles. The lowest BCUT2D eigenvalue weighted by Crippen LogP contribution is -2.34. The van der Waals surface area contributed by atoms with Gasteiger partial charge >= 0.3 is 0 Å². The first-order valence-corrected chi connectivity index (χ1v) is 6.39. The second kappa shape index (κ2) is 5.11. The lowest BCUT2D eigenvalue weighted by molar-refractivity contribution is 0.404. The molecule has 0 heterocycles. The zero-order valence-electron chi connectivity index (χ0n) is 10.8. The summed E-state index contributed by atoms with van der Waals surface area (Å²) in [6, 6.07) is 4.26. The number of thioether (sulfide) groups is 1. The summed E-state index contributed by atoms with van der Waals surface area (Å²) in [6.07, 6.45) is 0. The van der Waals surface area contributed by atoms with E-state index in [0.29, 0.717) is 0 Å². The van der Waals surface area contributed by atoms with Gasteiger partial charge < -0.3 is 10.5 Å². The number of rotatable bonds is 4. The lowest BCUT2D eigenvalue weighted by Gasteiger charge is -2.19. The summed E-state index contributed by atoms with van der Waals surface area (Å²) in [6.45, 7) is 8.28. The van der Waals surface area contributed by atoms with Crippen LogP contribution in [-0.2, 0) is 0 Å². The van der Waals surface area contributed by atoms with Gasteiger partial charge in [-0.1, -0.05) is 0 Å². The Hall–Kier alpha value is -0.670. The van der Waals surface area contributed by atoms with E-state index >= 15 is 0 Å². The van der Waals surface area contributed by atoms with E-state index < -0.39 is 0 Å². The van der Waals surface area contributed by atoms with Gasteiger partial charge in [-0.25, -0.2) is 0 Å². The Morgan fingerprint density at radius 3 is 2.31 bits per heavy atom. The average molecular weight is 239 g/mol. The van der Waals surface area contributed by atoms with Gasteiger partial charge in [-0.05, 0) is 51.0 Å². The van der Waals surface area contributed by atoms with Crippen LogP contribution in [0.5, 0.6) is 5.75 Å². The van der Waals surface area contributed by atoms with Crippen LogP contribution in [0, 0.1) is 13.8 Å². The quantitative estimate of drug-likeness (QED) is 0.820. The predicted octanol–water partition coefficient (Wildman–Crippen LogP) is 3.14. The SMILES string of the molecule is COc1cc(C)c(C)cc1SCC(C)(C)N. The summed E-state index contributed by atoms with van der Waals surface area (Å²) < 4.78 is 5.38. The molecule has 1 aromatic rings. The van der Waals surface area contributed by atoms with Gasteiger partial charge in [-0.3, -0.25) is 0 Å². The van der Waals surface area contributed by atoms with E-state index in [0.717, 1.165) is 11.5 Å². The molecule has 0 saturated carbocycles. The van der Waals surface area contributed by atoms with Gasteiger partial charge in [0.05, 0.1) is 7.11 Å². The van der Waals surface area contributed by atoms with Crippen LogP contribution in [0.15, 0.2) is 17.0 Å². The van der Waals surface area contributed by atoms with Crippen molar-refractivity contribution < 1.29 is 4.74 Å². The molecule has 0 aliphatic carbocycles. The third-order valence-corrected chi connectivity index (χ3v) is 3.90. The molecule has 2 nitrogen and oxygen atoms in total. The Kier molecular flexibility index (Phi) is 4.28. The molecule has 0 amide bonds.